The molecule has 0 unspecified atom stereocenters. The van der Waals surface area contributed by atoms with Crippen molar-refractivity contribution in [2.75, 3.05) is 0 Å². The van der Waals surface area contributed by atoms with Crippen LogP contribution in [0, 0.1) is 5.92 Å². The van der Waals surface area contributed by atoms with E-state index >= 15 is 0 Å². The molecule has 0 aliphatic carbocycles. The van der Waals surface area contributed by atoms with Gasteiger partial charge in [0.25, 0.3) is 5.56 Å². The van der Waals surface area contributed by atoms with Crippen molar-refractivity contribution in [2.45, 2.75) is 39.3 Å². The topological polar surface area (TPSA) is 121 Å². The summed E-state index contributed by atoms with van der Waals surface area (Å²) in [5.74, 6) is -2.15. The van der Waals surface area contributed by atoms with Crippen LogP contribution in [0.25, 0.3) is 10.9 Å². The monoisotopic (exact) mass is 347 g/mol. The molecule has 25 heavy (non-hydrogen) atoms. The fourth-order valence-corrected chi connectivity index (χ4v) is 2.60. The van der Waals surface area contributed by atoms with Gasteiger partial charge in [-0.1, -0.05) is 32.4 Å². The molecule has 0 saturated heterocycles. The molecule has 0 aliphatic heterocycles. The van der Waals surface area contributed by atoms with Gasteiger partial charge in [-0.15, -0.1) is 0 Å². The Balaban J connectivity index is 2.40. The molecule has 0 bridgehead atoms. The number of H-pyrrole nitrogens is 1. The van der Waals surface area contributed by atoms with Crippen molar-refractivity contribution in [3.05, 3.63) is 45.1 Å². The average Bonchev–Trinajstić information content (AvgIpc) is 2.58. The van der Waals surface area contributed by atoms with Crippen molar-refractivity contribution in [3.63, 3.8) is 0 Å². The minimum absolute atomic E-state index is 0.276. The number of aliphatic carboxylic acids is 1. The van der Waals surface area contributed by atoms with Gasteiger partial charge in [0.05, 0.1) is 10.9 Å². The maximum Gasteiger partial charge on any atom is 0.329 e. The highest BCUT2D eigenvalue weighted by Crippen LogP contribution is 2.11. The highest BCUT2D eigenvalue weighted by atomic mass is 16.4. The molecule has 1 aromatic carbocycles. The first-order valence-corrected chi connectivity index (χ1v) is 8.04. The molecule has 0 aliphatic rings. The third-order valence-electron chi connectivity index (χ3n) is 4.38. The average molecular weight is 347 g/mol. The number of carbonyl (C=O) groups is 2. The molecule has 1 amide bonds. The van der Waals surface area contributed by atoms with Gasteiger partial charge in [-0.25, -0.2) is 14.2 Å². The lowest BCUT2D eigenvalue weighted by atomic mass is 9.99. The van der Waals surface area contributed by atoms with Crippen LogP contribution < -0.4 is 16.6 Å². The van der Waals surface area contributed by atoms with Crippen LogP contribution in [-0.2, 0) is 9.59 Å². The normalized spacial score (nSPS) is 14.7. The summed E-state index contributed by atoms with van der Waals surface area (Å²) in [4.78, 5) is 51.1. The van der Waals surface area contributed by atoms with Crippen LogP contribution in [0.4, 0.5) is 0 Å². The minimum atomic E-state index is -1.16. The fraction of sp³-hybridized carbons (Fsp3) is 0.412. The number of nitrogens with one attached hydrogen (secondary N) is 2. The van der Waals surface area contributed by atoms with Crippen LogP contribution in [0.5, 0.6) is 0 Å². The smallest absolute Gasteiger partial charge is 0.329 e. The lowest BCUT2D eigenvalue weighted by Gasteiger charge is -2.22. The van der Waals surface area contributed by atoms with E-state index in [4.69, 9.17) is 0 Å². The van der Waals surface area contributed by atoms with Gasteiger partial charge in [-0.3, -0.25) is 9.59 Å². The summed E-state index contributed by atoms with van der Waals surface area (Å²) >= 11 is 0. The number of benzene rings is 1. The second-order valence-electron chi connectivity index (χ2n) is 6.04. The van der Waals surface area contributed by atoms with E-state index in [0.717, 1.165) is 4.57 Å². The first kappa shape index (κ1) is 18.4. The van der Waals surface area contributed by atoms with Gasteiger partial charge in [0.2, 0.25) is 5.91 Å². The van der Waals surface area contributed by atoms with Gasteiger partial charge in [-0.05, 0) is 25.0 Å². The molecule has 0 spiro atoms. The fourth-order valence-electron chi connectivity index (χ4n) is 2.60. The summed E-state index contributed by atoms with van der Waals surface area (Å²) in [7, 11) is 0. The molecule has 8 nitrogen and oxygen atoms in total. The van der Waals surface area contributed by atoms with Crippen LogP contribution in [-0.4, -0.2) is 32.6 Å². The predicted molar refractivity (Wildman–Crippen MR) is 92.6 cm³/mol. The van der Waals surface area contributed by atoms with Gasteiger partial charge in [-0.2, -0.15) is 0 Å². The third-order valence-corrected chi connectivity index (χ3v) is 4.38. The zero-order valence-electron chi connectivity index (χ0n) is 14.3. The third kappa shape index (κ3) is 3.62. The number of rotatable bonds is 6. The highest BCUT2D eigenvalue weighted by Gasteiger charge is 2.29. The Kier molecular flexibility index (Phi) is 5.41. The highest BCUT2D eigenvalue weighted by molar-refractivity contribution is 5.86. The molecular weight excluding hydrogens is 326 g/mol. The van der Waals surface area contributed by atoms with Crippen molar-refractivity contribution in [1.82, 2.24) is 14.9 Å². The molecule has 0 saturated carbocycles. The van der Waals surface area contributed by atoms with Crippen molar-refractivity contribution in [3.8, 4) is 0 Å². The van der Waals surface area contributed by atoms with E-state index in [1.165, 1.54) is 6.92 Å². The van der Waals surface area contributed by atoms with E-state index in [9.17, 15) is 24.3 Å². The Hall–Kier alpha value is -2.90. The van der Waals surface area contributed by atoms with Gasteiger partial charge in [0.15, 0.2) is 0 Å². The van der Waals surface area contributed by atoms with E-state index in [0.29, 0.717) is 11.9 Å². The lowest BCUT2D eigenvalue weighted by molar-refractivity contribution is -0.143. The van der Waals surface area contributed by atoms with E-state index in [2.05, 4.69) is 10.3 Å². The summed E-state index contributed by atoms with van der Waals surface area (Å²) in [6.07, 6.45) is 0.558. The molecule has 1 aromatic heterocycles. The van der Waals surface area contributed by atoms with Crippen molar-refractivity contribution < 1.29 is 14.7 Å². The van der Waals surface area contributed by atoms with E-state index in [-0.39, 0.29) is 11.3 Å². The second-order valence-corrected chi connectivity index (χ2v) is 6.04. The van der Waals surface area contributed by atoms with E-state index in [1.54, 1.807) is 31.2 Å². The first-order valence-electron chi connectivity index (χ1n) is 8.04. The predicted octanol–water partition coefficient (Wildman–Crippen LogP) is 0.866. The quantitative estimate of drug-likeness (QED) is 0.716. The zero-order chi connectivity index (χ0) is 18.7. The molecule has 3 N–H and O–H groups in total. The Labute approximate surface area is 143 Å². The molecule has 1 heterocycles. The SMILES string of the molecule is CC[C@H](C)[C@H](NC(=O)[C@@H](C)n1c(=O)[nH]c2ccccc2c1=O)C(=O)O. The number of aromatic amines is 1. The Morgan fingerprint density at radius 2 is 1.88 bits per heavy atom. The number of hydrogen-bond donors (Lipinski definition) is 3. The maximum absolute atomic E-state index is 12.6. The van der Waals surface area contributed by atoms with Crippen LogP contribution in [0.3, 0.4) is 0 Å². The molecule has 0 fully saturated rings. The molecule has 0 radical (unpaired) electrons. The number of hydrogen-bond acceptors (Lipinski definition) is 4. The molecule has 8 heteroatoms. The summed E-state index contributed by atoms with van der Waals surface area (Å²) in [5.41, 5.74) is -0.941. The molecule has 2 rings (SSSR count). The van der Waals surface area contributed by atoms with E-state index in [1.807, 2.05) is 6.92 Å². The van der Waals surface area contributed by atoms with Gasteiger partial charge in [0.1, 0.15) is 12.1 Å². The number of fused-ring (bicyclic) bond motifs is 1. The van der Waals surface area contributed by atoms with Crippen LogP contribution in [0.15, 0.2) is 33.9 Å². The summed E-state index contributed by atoms with van der Waals surface area (Å²) in [6.45, 7) is 4.91. The largest absolute Gasteiger partial charge is 0.480 e. The number of carboxylic acids is 1. The first-order chi connectivity index (χ1) is 11.8. The second kappa shape index (κ2) is 7.33. The molecular formula is C17H21N3O5. The molecule has 3 atom stereocenters. The Morgan fingerprint density at radius 3 is 2.48 bits per heavy atom. The van der Waals surface area contributed by atoms with Crippen LogP contribution >= 0.6 is 0 Å². The van der Waals surface area contributed by atoms with Gasteiger partial charge in [0, 0.05) is 0 Å². The maximum atomic E-state index is 12.6. The van der Waals surface area contributed by atoms with E-state index < -0.39 is 35.2 Å². The van der Waals surface area contributed by atoms with Gasteiger partial charge >= 0.3 is 11.7 Å². The van der Waals surface area contributed by atoms with Gasteiger partial charge < -0.3 is 15.4 Å². The number of carbonyl (C=O) groups excluding carboxylic acids is 1. The number of carboxylic acid groups (broad SMARTS) is 1. The lowest BCUT2D eigenvalue weighted by Crippen LogP contribution is -2.50. The number of amides is 1. The standard InChI is InChI=1S/C17H21N3O5/c1-4-9(2)13(16(23)24)19-14(21)10(3)20-15(22)11-7-5-6-8-12(11)18-17(20)25/h5-10,13H,4H2,1-3H3,(H,18,25)(H,19,21)(H,23,24)/t9-,10+,13-/m0/s1. The minimum Gasteiger partial charge on any atom is -0.480 e. The summed E-state index contributed by atoms with van der Waals surface area (Å²) in [5, 5.41) is 12.0. The molecule has 134 valence electrons. The Morgan fingerprint density at radius 1 is 1.24 bits per heavy atom. The van der Waals surface area contributed by atoms with Crippen molar-refractivity contribution >= 4 is 22.8 Å². The Bertz CT molecular complexity index is 914. The number of nitrogens with zero attached hydrogens (tertiary/aromatic N) is 1. The zero-order valence-corrected chi connectivity index (χ0v) is 14.3. The summed E-state index contributed by atoms with van der Waals surface area (Å²) in [6, 6.07) is 4.24. The molecule has 2 aromatic rings. The van der Waals surface area contributed by atoms with Crippen molar-refractivity contribution in [1.29, 1.82) is 0 Å². The number of aromatic nitrogens is 2. The number of para-hydroxylation sites is 1. The summed E-state index contributed by atoms with van der Waals surface area (Å²) < 4.78 is 0.799. The van der Waals surface area contributed by atoms with Crippen molar-refractivity contribution in [2.24, 2.45) is 5.92 Å². The van der Waals surface area contributed by atoms with Crippen LogP contribution in [0.2, 0.25) is 0 Å². The van der Waals surface area contributed by atoms with Crippen LogP contribution in [0.1, 0.15) is 33.2 Å².